The molecule has 4 heteroatoms. The van der Waals surface area contributed by atoms with Gasteiger partial charge in [-0.2, -0.15) is 0 Å². The predicted molar refractivity (Wildman–Crippen MR) is 91.2 cm³/mol. The summed E-state index contributed by atoms with van der Waals surface area (Å²) < 4.78 is 11.0. The number of ether oxygens (including phenoxy) is 2. The van der Waals surface area contributed by atoms with Crippen LogP contribution >= 0.6 is 0 Å². The van der Waals surface area contributed by atoms with Gasteiger partial charge in [-0.25, -0.2) is 0 Å². The lowest BCUT2D eigenvalue weighted by molar-refractivity contribution is -0.134. The van der Waals surface area contributed by atoms with Crippen LogP contribution in [0.3, 0.4) is 0 Å². The van der Waals surface area contributed by atoms with Crippen LogP contribution in [-0.2, 0) is 4.79 Å². The van der Waals surface area contributed by atoms with Crippen molar-refractivity contribution < 1.29 is 19.1 Å². The summed E-state index contributed by atoms with van der Waals surface area (Å²) >= 11 is 0. The molecule has 0 atom stereocenters. The Balaban J connectivity index is 1.97. The van der Waals surface area contributed by atoms with E-state index in [0.717, 1.165) is 16.7 Å². The SMILES string of the molecule is CCC(=O)Oc1cc(C)c2c(c1)O/C(=C\c1ccccc1C)C2=O. The highest BCUT2D eigenvalue weighted by molar-refractivity contribution is 6.15. The molecule has 0 fully saturated rings. The van der Waals surface area contributed by atoms with Gasteiger partial charge in [-0.3, -0.25) is 9.59 Å². The second-order valence-electron chi connectivity index (χ2n) is 5.74. The fraction of sp³-hybridized carbons (Fsp3) is 0.200. The van der Waals surface area contributed by atoms with Gasteiger partial charge in [-0.15, -0.1) is 0 Å². The van der Waals surface area contributed by atoms with Gasteiger partial charge in [-0.05, 0) is 42.7 Å². The van der Waals surface area contributed by atoms with E-state index in [9.17, 15) is 9.59 Å². The number of hydrogen-bond donors (Lipinski definition) is 0. The van der Waals surface area contributed by atoms with E-state index in [0.29, 0.717) is 17.1 Å². The fourth-order valence-electron chi connectivity index (χ4n) is 2.63. The van der Waals surface area contributed by atoms with Gasteiger partial charge in [-0.1, -0.05) is 31.2 Å². The first-order valence-corrected chi connectivity index (χ1v) is 7.84. The summed E-state index contributed by atoms with van der Waals surface area (Å²) in [7, 11) is 0. The number of hydrogen-bond acceptors (Lipinski definition) is 4. The number of carbonyl (C=O) groups is 2. The summed E-state index contributed by atoms with van der Waals surface area (Å²) in [5.74, 6) is 0.622. The van der Waals surface area contributed by atoms with Crippen LogP contribution in [0.5, 0.6) is 11.5 Å². The molecular weight excluding hydrogens is 304 g/mol. The highest BCUT2D eigenvalue weighted by Crippen LogP contribution is 2.37. The van der Waals surface area contributed by atoms with Crippen molar-refractivity contribution in [1.82, 2.24) is 0 Å². The molecule has 1 heterocycles. The smallest absolute Gasteiger partial charge is 0.310 e. The van der Waals surface area contributed by atoms with Crippen molar-refractivity contribution in [3.8, 4) is 11.5 Å². The molecule has 0 radical (unpaired) electrons. The lowest BCUT2D eigenvalue weighted by atomic mass is 10.0. The lowest BCUT2D eigenvalue weighted by Crippen LogP contribution is -2.06. The largest absolute Gasteiger partial charge is 0.452 e. The van der Waals surface area contributed by atoms with Crippen molar-refractivity contribution in [2.24, 2.45) is 0 Å². The second-order valence-corrected chi connectivity index (χ2v) is 5.74. The van der Waals surface area contributed by atoms with E-state index in [1.54, 1.807) is 32.1 Å². The van der Waals surface area contributed by atoms with Gasteiger partial charge in [0.25, 0.3) is 0 Å². The fourth-order valence-corrected chi connectivity index (χ4v) is 2.63. The van der Waals surface area contributed by atoms with Crippen LogP contribution in [0.2, 0.25) is 0 Å². The molecule has 0 spiro atoms. The number of esters is 1. The maximum Gasteiger partial charge on any atom is 0.310 e. The van der Waals surface area contributed by atoms with Crippen LogP contribution in [0, 0.1) is 13.8 Å². The second kappa shape index (κ2) is 6.32. The van der Waals surface area contributed by atoms with E-state index in [-0.39, 0.29) is 23.9 Å². The summed E-state index contributed by atoms with van der Waals surface area (Å²) in [6.07, 6.45) is 2.03. The standard InChI is InChI=1S/C20H18O4/c1-4-18(21)23-15-9-13(3)19-16(11-15)24-17(20(19)22)10-14-8-6-5-7-12(14)2/h5-11H,4H2,1-3H3/b17-10-. The molecule has 0 unspecified atom stereocenters. The van der Waals surface area contributed by atoms with E-state index in [2.05, 4.69) is 0 Å². The quantitative estimate of drug-likeness (QED) is 0.482. The lowest BCUT2D eigenvalue weighted by Gasteiger charge is -2.06. The molecule has 1 aliphatic heterocycles. The van der Waals surface area contributed by atoms with E-state index < -0.39 is 0 Å². The average Bonchev–Trinajstić information content (AvgIpc) is 2.86. The van der Waals surface area contributed by atoms with Gasteiger partial charge in [0.1, 0.15) is 11.5 Å². The van der Waals surface area contributed by atoms with Crippen LogP contribution in [0.25, 0.3) is 6.08 Å². The molecule has 0 aromatic heterocycles. The summed E-state index contributed by atoms with van der Waals surface area (Å²) in [5, 5.41) is 0. The van der Waals surface area contributed by atoms with Gasteiger partial charge in [0.15, 0.2) is 5.76 Å². The van der Waals surface area contributed by atoms with Crippen LogP contribution in [0.4, 0.5) is 0 Å². The van der Waals surface area contributed by atoms with Crippen LogP contribution < -0.4 is 9.47 Å². The Bertz CT molecular complexity index is 862. The molecule has 0 aliphatic carbocycles. The molecular formula is C20H18O4. The number of allylic oxidation sites excluding steroid dienone is 1. The molecule has 4 nitrogen and oxygen atoms in total. The van der Waals surface area contributed by atoms with Crippen molar-refractivity contribution in [2.45, 2.75) is 27.2 Å². The Morgan fingerprint density at radius 3 is 2.62 bits per heavy atom. The Hall–Kier alpha value is -2.88. The van der Waals surface area contributed by atoms with Gasteiger partial charge >= 0.3 is 5.97 Å². The summed E-state index contributed by atoms with van der Waals surface area (Å²) in [5.41, 5.74) is 3.24. The van der Waals surface area contributed by atoms with Crippen LogP contribution in [0.15, 0.2) is 42.2 Å². The van der Waals surface area contributed by atoms with Gasteiger partial charge in [0, 0.05) is 12.5 Å². The zero-order chi connectivity index (χ0) is 17.3. The Morgan fingerprint density at radius 1 is 1.17 bits per heavy atom. The van der Waals surface area contributed by atoms with Crippen LogP contribution in [0.1, 0.15) is 40.4 Å². The molecule has 0 bridgehead atoms. The predicted octanol–water partition coefficient (Wildman–Crippen LogP) is 4.24. The first-order chi connectivity index (χ1) is 11.5. The molecule has 1 aliphatic rings. The molecule has 0 N–H and O–H groups in total. The molecule has 2 aromatic carbocycles. The first kappa shape index (κ1) is 16.0. The molecule has 0 saturated heterocycles. The van der Waals surface area contributed by atoms with Crippen molar-refractivity contribution in [1.29, 1.82) is 0 Å². The Labute approximate surface area is 140 Å². The number of ketones is 1. The minimum Gasteiger partial charge on any atom is -0.452 e. The minimum atomic E-state index is -0.325. The zero-order valence-corrected chi connectivity index (χ0v) is 13.9. The monoisotopic (exact) mass is 322 g/mol. The van der Waals surface area contributed by atoms with Gasteiger partial charge in [0.05, 0.1) is 5.56 Å². The molecule has 2 aromatic rings. The van der Waals surface area contributed by atoms with Crippen molar-refractivity contribution in [3.63, 3.8) is 0 Å². The third kappa shape index (κ3) is 2.95. The number of benzene rings is 2. The van der Waals surface area contributed by atoms with Crippen molar-refractivity contribution >= 4 is 17.8 Å². The zero-order valence-electron chi connectivity index (χ0n) is 13.9. The highest BCUT2D eigenvalue weighted by Gasteiger charge is 2.30. The van der Waals surface area contributed by atoms with Crippen molar-refractivity contribution in [2.75, 3.05) is 0 Å². The van der Waals surface area contributed by atoms with E-state index >= 15 is 0 Å². The number of carbonyl (C=O) groups excluding carboxylic acids is 2. The van der Waals surface area contributed by atoms with E-state index in [1.807, 2.05) is 31.2 Å². The Morgan fingerprint density at radius 2 is 1.92 bits per heavy atom. The minimum absolute atomic E-state index is 0.154. The molecule has 24 heavy (non-hydrogen) atoms. The van der Waals surface area contributed by atoms with E-state index in [1.165, 1.54) is 0 Å². The first-order valence-electron chi connectivity index (χ1n) is 7.84. The number of fused-ring (bicyclic) bond motifs is 1. The van der Waals surface area contributed by atoms with Crippen molar-refractivity contribution in [3.05, 3.63) is 64.4 Å². The van der Waals surface area contributed by atoms with Gasteiger partial charge < -0.3 is 9.47 Å². The third-order valence-corrected chi connectivity index (χ3v) is 3.94. The highest BCUT2D eigenvalue weighted by atomic mass is 16.5. The van der Waals surface area contributed by atoms with E-state index in [4.69, 9.17) is 9.47 Å². The average molecular weight is 322 g/mol. The number of rotatable bonds is 3. The summed E-state index contributed by atoms with van der Waals surface area (Å²) in [6, 6.07) is 11.0. The maximum absolute atomic E-state index is 12.6. The third-order valence-electron chi connectivity index (χ3n) is 3.94. The summed E-state index contributed by atoms with van der Waals surface area (Å²) in [4.78, 5) is 24.1. The summed E-state index contributed by atoms with van der Waals surface area (Å²) in [6.45, 7) is 5.51. The maximum atomic E-state index is 12.6. The molecule has 3 rings (SSSR count). The molecule has 0 amide bonds. The molecule has 0 saturated carbocycles. The molecule has 122 valence electrons. The topological polar surface area (TPSA) is 52.6 Å². The number of Topliss-reactive ketones (excluding diaryl/α,β-unsaturated/α-hetero) is 1. The Kier molecular flexibility index (Phi) is 4.21. The number of aryl methyl sites for hydroxylation is 2. The van der Waals surface area contributed by atoms with Crippen LogP contribution in [-0.4, -0.2) is 11.8 Å². The van der Waals surface area contributed by atoms with Gasteiger partial charge in [0.2, 0.25) is 5.78 Å². The normalized spacial score (nSPS) is 14.5.